The molecule has 1 saturated carbocycles. The molecule has 0 amide bonds. The zero-order valence-electron chi connectivity index (χ0n) is 8.21. The number of methoxy groups -OCH3 is 1. The topological polar surface area (TPSA) is 43.4 Å². The van der Waals surface area contributed by atoms with Crippen LogP contribution in [0.25, 0.3) is 0 Å². The van der Waals surface area contributed by atoms with Crippen LogP contribution in [0.15, 0.2) is 0 Å². The van der Waals surface area contributed by atoms with Crippen LogP contribution in [0.2, 0.25) is 0 Å². The average molecular weight is 184 g/mol. The van der Waals surface area contributed by atoms with Crippen molar-refractivity contribution in [3.05, 3.63) is 0 Å². The molecule has 0 heterocycles. The molecule has 1 aliphatic carbocycles. The summed E-state index contributed by atoms with van der Waals surface area (Å²) in [6.07, 6.45) is 4.16. The molecule has 0 bridgehead atoms. The van der Waals surface area contributed by atoms with Crippen LogP contribution in [0.1, 0.15) is 32.6 Å². The Kier molecular flexibility index (Phi) is 3.07. The minimum Gasteiger partial charge on any atom is -0.469 e. The third-order valence-corrected chi connectivity index (χ3v) is 3.00. The molecule has 13 heavy (non-hydrogen) atoms. The van der Waals surface area contributed by atoms with E-state index in [-0.39, 0.29) is 17.3 Å². The van der Waals surface area contributed by atoms with Gasteiger partial charge >= 0.3 is 5.97 Å². The first-order valence-electron chi connectivity index (χ1n) is 4.66. The highest BCUT2D eigenvalue weighted by molar-refractivity contribution is 5.76. The van der Waals surface area contributed by atoms with E-state index in [1.165, 1.54) is 7.11 Å². The standard InChI is InChI=1S/C10H16O3/c1-10(9(12)13-2)5-3-8(7-11)4-6-10/h7-8H,3-6H2,1-2H3. The quantitative estimate of drug-likeness (QED) is 0.483. The maximum atomic E-state index is 11.4. The van der Waals surface area contributed by atoms with Crippen LogP contribution in [-0.4, -0.2) is 19.4 Å². The summed E-state index contributed by atoms with van der Waals surface area (Å²) in [7, 11) is 1.42. The summed E-state index contributed by atoms with van der Waals surface area (Å²) in [5, 5.41) is 0. The lowest BCUT2D eigenvalue weighted by molar-refractivity contribution is -0.154. The van der Waals surface area contributed by atoms with Crippen molar-refractivity contribution < 1.29 is 14.3 Å². The average Bonchev–Trinajstić information content (AvgIpc) is 2.18. The van der Waals surface area contributed by atoms with Crippen molar-refractivity contribution in [1.82, 2.24) is 0 Å². The second-order valence-electron chi connectivity index (χ2n) is 4.03. The van der Waals surface area contributed by atoms with Gasteiger partial charge in [0.2, 0.25) is 0 Å². The molecular formula is C10H16O3. The van der Waals surface area contributed by atoms with E-state index in [0.717, 1.165) is 32.0 Å². The van der Waals surface area contributed by atoms with Crippen LogP contribution < -0.4 is 0 Å². The Bertz CT molecular complexity index is 202. The third kappa shape index (κ3) is 2.08. The highest BCUT2D eigenvalue weighted by atomic mass is 16.5. The van der Waals surface area contributed by atoms with Crippen molar-refractivity contribution in [2.24, 2.45) is 11.3 Å². The number of ether oxygens (including phenoxy) is 1. The van der Waals surface area contributed by atoms with Gasteiger partial charge in [-0.2, -0.15) is 0 Å². The lowest BCUT2D eigenvalue weighted by Crippen LogP contribution is -2.33. The fourth-order valence-electron chi connectivity index (χ4n) is 1.86. The number of aldehydes is 1. The zero-order valence-corrected chi connectivity index (χ0v) is 8.21. The first-order chi connectivity index (χ1) is 6.12. The maximum Gasteiger partial charge on any atom is 0.311 e. The van der Waals surface area contributed by atoms with E-state index in [1.54, 1.807) is 0 Å². The SMILES string of the molecule is COC(=O)C1(C)CCC(C=O)CC1. The van der Waals surface area contributed by atoms with Gasteiger partial charge in [-0.3, -0.25) is 4.79 Å². The Balaban J connectivity index is 2.55. The van der Waals surface area contributed by atoms with Gasteiger partial charge in [0.05, 0.1) is 12.5 Å². The number of esters is 1. The largest absolute Gasteiger partial charge is 0.469 e. The van der Waals surface area contributed by atoms with Crippen LogP contribution in [0.3, 0.4) is 0 Å². The molecule has 1 aliphatic rings. The summed E-state index contributed by atoms with van der Waals surface area (Å²) in [5.74, 6) is 0.00887. The number of hydrogen-bond acceptors (Lipinski definition) is 3. The van der Waals surface area contributed by atoms with Crippen LogP contribution in [0.4, 0.5) is 0 Å². The van der Waals surface area contributed by atoms with Gasteiger partial charge in [0.1, 0.15) is 6.29 Å². The van der Waals surface area contributed by atoms with Crippen LogP contribution >= 0.6 is 0 Å². The van der Waals surface area contributed by atoms with E-state index in [9.17, 15) is 9.59 Å². The van der Waals surface area contributed by atoms with E-state index in [4.69, 9.17) is 4.74 Å². The molecule has 3 nitrogen and oxygen atoms in total. The summed E-state index contributed by atoms with van der Waals surface area (Å²) in [6, 6.07) is 0. The van der Waals surface area contributed by atoms with E-state index in [1.807, 2.05) is 6.92 Å². The normalized spacial score (nSPS) is 33.8. The van der Waals surface area contributed by atoms with Crippen molar-refractivity contribution >= 4 is 12.3 Å². The van der Waals surface area contributed by atoms with E-state index >= 15 is 0 Å². The molecule has 0 aromatic carbocycles. The monoisotopic (exact) mass is 184 g/mol. The molecule has 1 fully saturated rings. The van der Waals surface area contributed by atoms with Gasteiger partial charge in [-0.25, -0.2) is 0 Å². The Hall–Kier alpha value is -0.860. The van der Waals surface area contributed by atoms with Gasteiger partial charge in [0, 0.05) is 5.92 Å². The summed E-state index contributed by atoms with van der Waals surface area (Å²) >= 11 is 0. The first-order valence-corrected chi connectivity index (χ1v) is 4.66. The van der Waals surface area contributed by atoms with Crippen molar-refractivity contribution in [2.75, 3.05) is 7.11 Å². The number of rotatable bonds is 2. The third-order valence-electron chi connectivity index (χ3n) is 3.00. The number of carbonyl (C=O) groups is 2. The summed E-state index contributed by atoms with van der Waals surface area (Å²) in [6.45, 7) is 1.92. The minimum atomic E-state index is -0.353. The molecule has 0 aliphatic heterocycles. The van der Waals surface area contributed by atoms with Gasteiger partial charge in [0.25, 0.3) is 0 Å². The molecular weight excluding hydrogens is 168 g/mol. The van der Waals surface area contributed by atoms with Gasteiger partial charge in [-0.15, -0.1) is 0 Å². The molecule has 74 valence electrons. The molecule has 0 radical (unpaired) electrons. The zero-order chi connectivity index (χ0) is 9.90. The lowest BCUT2D eigenvalue weighted by atomic mass is 9.72. The Labute approximate surface area is 78.5 Å². The summed E-state index contributed by atoms with van der Waals surface area (Å²) < 4.78 is 4.73. The minimum absolute atomic E-state index is 0.142. The fourth-order valence-corrected chi connectivity index (χ4v) is 1.86. The molecule has 0 aromatic rings. The second kappa shape index (κ2) is 3.90. The van der Waals surface area contributed by atoms with Crippen LogP contribution in [-0.2, 0) is 14.3 Å². The highest BCUT2D eigenvalue weighted by Crippen LogP contribution is 2.38. The smallest absolute Gasteiger partial charge is 0.311 e. The van der Waals surface area contributed by atoms with Crippen molar-refractivity contribution in [2.45, 2.75) is 32.6 Å². The van der Waals surface area contributed by atoms with Gasteiger partial charge in [-0.05, 0) is 32.6 Å². The molecule has 0 aromatic heterocycles. The van der Waals surface area contributed by atoms with Crippen molar-refractivity contribution in [3.63, 3.8) is 0 Å². The van der Waals surface area contributed by atoms with E-state index in [2.05, 4.69) is 0 Å². The lowest BCUT2D eigenvalue weighted by Gasteiger charge is -2.32. The van der Waals surface area contributed by atoms with Crippen LogP contribution in [0, 0.1) is 11.3 Å². The molecule has 3 heteroatoms. The summed E-state index contributed by atoms with van der Waals surface area (Å²) in [4.78, 5) is 21.9. The molecule has 0 spiro atoms. The fraction of sp³-hybridized carbons (Fsp3) is 0.800. The van der Waals surface area contributed by atoms with Gasteiger partial charge in [0.15, 0.2) is 0 Å². The van der Waals surface area contributed by atoms with Gasteiger partial charge in [-0.1, -0.05) is 0 Å². The molecule has 0 atom stereocenters. The van der Waals surface area contributed by atoms with Gasteiger partial charge < -0.3 is 9.53 Å². The number of carbonyl (C=O) groups excluding carboxylic acids is 2. The number of hydrogen-bond donors (Lipinski definition) is 0. The Morgan fingerprint density at radius 1 is 1.46 bits per heavy atom. The van der Waals surface area contributed by atoms with Crippen molar-refractivity contribution in [3.8, 4) is 0 Å². The van der Waals surface area contributed by atoms with E-state index < -0.39 is 0 Å². The molecule has 0 N–H and O–H groups in total. The summed E-state index contributed by atoms with van der Waals surface area (Å²) in [5.41, 5.74) is -0.353. The predicted octanol–water partition coefficient (Wildman–Crippen LogP) is 1.55. The Morgan fingerprint density at radius 2 is 2.00 bits per heavy atom. The van der Waals surface area contributed by atoms with Crippen molar-refractivity contribution in [1.29, 1.82) is 0 Å². The molecule has 1 rings (SSSR count). The Morgan fingerprint density at radius 3 is 2.38 bits per heavy atom. The first kappa shape index (κ1) is 10.2. The predicted molar refractivity (Wildman–Crippen MR) is 48.1 cm³/mol. The highest BCUT2D eigenvalue weighted by Gasteiger charge is 2.38. The molecule has 0 saturated heterocycles. The second-order valence-corrected chi connectivity index (χ2v) is 4.03. The van der Waals surface area contributed by atoms with Crippen LogP contribution in [0.5, 0.6) is 0 Å². The molecule has 0 unspecified atom stereocenters. The van der Waals surface area contributed by atoms with E-state index in [0.29, 0.717) is 0 Å². The maximum absolute atomic E-state index is 11.4.